The summed E-state index contributed by atoms with van der Waals surface area (Å²) in [5.41, 5.74) is 1.14. The molecule has 4 rings (SSSR count). The van der Waals surface area contributed by atoms with E-state index in [4.69, 9.17) is 14.0 Å². The fraction of sp³-hybridized carbons (Fsp3) is 0.750. The van der Waals surface area contributed by atoms with E-state index < -0.39 is 10.1 Å². The third kappa shape index (κ3) is 6.51. The molecule has 3 fully saturated rings. The third-order valence-electron chi connectivity index (χ3n) is 6.71. The summed E-state index contributed by atoms with van der Waals surface area (Å²) in [5, 5.41) is 0. The van der Waals surface area contributed by atoms with Gasteiger partial charge in [0.05, 0.1) is 18.1 Å². The average Bonchev–Trinajstić information content (AvgIpc) is 2.71. The number of nitrogens with zero attached hydrogens (tertiary/aromatic N) is 1. The molecule has 0 bridgehead atoms. The molecule has 1 aliphatic carbocycles. The predicted octanol–water partition coefficient (Wildman–Crippen LogP) is 4.67. The second kappa shape index (κ2) is 9.87. The number of benzene rings is 1. The zero-order chi connectivity index (χ0) is 22.7. The van der Waals surface area contributed by atoms with Crippen LogP contribution in [0, 0.1) is 18.3 Å². The number of hydrogen-bond acceptors (Lipinski definition) is 5. The van der Waals surface area contributed by atoms with Crippen molar-refractivity contribution in [2.24, 2.45) is 11.3 Å². The molecule has 1 saturated carbocycles. The second-order valence-corrected chi connectivity index (χ2v) is 11.6. The van der Waals surface area contributed by atoms with Crippen molar-refractivity contribution in [3.63, 3.8) is 0 Å². The van der Waals surface area contributed by atoms with Crippen molar-refractivity contribution < 1.29 is 22.4 Å². The molecular weight excluding hydrogens is 414 g/mol. The van der Waals surface area contributed by atoms with Crippen LogP contribution < -0.4 is 0 Å². The fourth-order valence-electron chi connectivity index (χ4n) is 5.01. The molecule has 1 spiro atoms. The lowest BCUT2D eigenvalue weighted by Crippen LogP contribution is -2.56. The SMILES string of the molecule is CCCN1CCCC2CC3(CC[C@H]21)OCC(C)(C)CO3.Cc1ccc(S(=O)(=O)O)cc1. The van der Waals surface area contributed by atoms with E-state index in [0.717, 1.165) is 43.6 Å². The van der Waals surface area contributed by atoms with E-state index in [0.29, 0.717) is 0 Å². The second-order valence-electron chi connectivity index (χ2n) is 10.2. The average molecular weight is 454 g/mol. The van der Waals surface area contributed by atoms with E-state index >= 15 is 0 Å². The lowest BCUT2D eigenvalue weighted by Gasteiger charge is -2.53. The van der Waals surface area contributed by atoms with Crippen molar-refractivity contribution in [2.75, 3.05) is 26.3 Å². The quantitative estimate of drug-likeness (QED) is 0.670. The lowest BCUT2D eigenvalue weighted by atomic mass is 9.74. The molecule has 0 aromatic heterocycles. The Morgan fingerprint density at radius 2 is 1.77 bits per heavy atom. The van der Waals surface area contributed by atoms with Crippen molar-refractivity contribution in [2.45, 2.75) is 82.9 Å². The predicted molar refractivity (Wildman–Crippen MR) is 122 cm³/mol. The van der Waals surface area contributed by atoms with Gasteiger partial charge in [0.2, 0.25) is 0 Å². The van der Waals surface area contributed by atoms with Gasteiger partial charge in [-0.15, -0.1) is 0 Å². The largest absolute Gasteiger partial charge is 0.349 e. The number of ether oxygens (including phenoxy) is 2. The van der Waals surface area contributed by atoms with Gasteiger partial charge in [0.15, 0.2) is 5.79 Å². The van der Waals surface area contributed by atoms with Crippen LogP contribution in [0.25, 0.3) is 0 Å². The molecule has 6 nitrogen and oxygen atoms in total. The first kappa shape index (κ1) is 24.6. The molecule has 3 aliphatic rings. The Kier molecular flexibility index (Phi) is 7.85. The van der Waals surface area contributed by atoms with Crippen LogP contribution in [0.15, 0.2) is 29.2 Å². The van der Waals surface area contributed by atoms with Gasteiger partial charge in [-0.2, -0.15) is 8.42 Å². The first-order valence-electron chi connectivity index (χ1n) is 11.6. The van der Waals surface area contributed by atoms with E-state index in [2.05, 4.69) is 25.7 Å². The molecule has 2 heterocycles. The molecule has 1 N–H and O–H groups in total. The van der Waals surface area contributed by atoms with E-state index in [9.17, 15) is 8.42 Å². The van der Waals surface area contributed by atoms with Gasteiger partial charge in [0.1, 0.15) is 0 Å². The molecule has 1 aromatic rings. The Hall–Kier alpha value is -0.990. The number of piperidine rings is 1. The summed E-state index contributed by atoms with van der Waals surface area (Å²) < 4.78 is 42.0. The van der Waals surface area contributed by atoms with Crippen molar-refractivity contribution in [3.05, 3.63) is 29.8 Å². The number of aryl methyl sites for hydroxylation is 1. The van der Waals surface area contributed by atoms with Crippen LogP contribution in [0.3, 0.4) is 0 Å². The van der Waals surface area contributed by atoms with Crippen LogP contribution >= 0.6 is 0 Å². The highest BCUT2D eigenvalue weighted by molar-refractivity contribution is 7.85. The van der Waals surface area contributed by atoms with Crippen LogP contribution in [0.4, 0.5) is 0 Å². The number of likely N-dealkylation sites (tertiary alicyclic amines) is 1. The lowest BCUT2D eigenvalue weighted by molar-refractivity contribution is -0.320. The van der Waals surface area contributed by atoms with Crippen LogP contribution in [0.2, 0.25) is 0 Å². The standard InChI is InChI=1S/C17H31NO2.C7H8O3S/c1-4-9-18-10-5-6-14-11-17(8-7-15(14)18)19-12-16(2,3)13-20-17;1-6-2-4-7(5-3-6)11(8,9)10/h14-15H,4-13H2,1-3H3;2-5H,1H3,(H,8,9,10)/t14?,15-;/m1./s1. The topological polar surface area (TPSA) is 76.1 Å². The van der Waals surface area contributed by atoms with Crippen molar-refractivity contribution in [3.8, 4) is 0 Å². The summed E-state index contributed by atoms with van der Waals surface area (Å²) in [6.07, 6.45) is 7.45. The van der Waals surface area contributed by atoms with E-state index in [1.54, 1.807) is 12.1 Å². The van der Waals surface area contributed by atoms with Gasteiger partial charge < -0.3 is 14.4 Å². The Labute approximate surface area is 188 Å². The molecule has 1 aromatic carbocycles. The summed E-state index contributed by atoms with van der Waals surface area (Å²) in [7, 11) is -4.02. The van der Waals surface area contributed by atoms with Crippen molar-refractivity contribution in [1.29, 1.82) is 0 Å². The maximum Gasteiger partial charge on any atom is 0.294 e. The number of hydrogen-bond donors (Lipinski definition) is 1. The smallest absolute Gasteiger partial charge is 0.294 e. The highest BCUT2D eigenvalue weighted by Gasteiger charge is 2.48. The zero-order valence-corrected chi connectivity index (χ0v) is 20.3. The minimum absolute atomic E-state index is 0.0666. The minimum Gasteiger partial charge on any atom is -0.349 e. The summed E-state index contributed by atoms with van der Waals surface area (Å²) in [6, 6.07) is 6.78. The summed E-state index contributed by atoms with van der Waals surface area (Å²) in [6.45, 7) is 12.9. The van der Waals surface area contributed by atoms with E-state index in [1.807, 2.05) is 6.92 Å². The van der Waals surface area contributed by atoms with Gasteiger partial charge in [-0.25, -0.2) is 0 Å². The van der Waals surface area contributed by atoms with Gasteiger partial charge >= 0.3 is 0 Å². The molecule has 2 saturated heterocycles. The normalized spacial score (nSPS) is 27.8. The Morgan fingerprint density at radius 3 is 2.35 bits per heavy atom. The van der Waals surface area contributed by atoms with Crippen LogP contribution in [-0.4, -0.2) is 56.0 Å². The van der Waals surface area contributed by atoms with E-state index in [1.165, 1.54) is 50.9 Å². The molecule has 2 aliphatic heterocycles. The first-order valence-corrected chi connectivity index (χ1v) is 13.0. The molecule has 1 unspecified atom stereocenters. The highest BCUT2D eigenvalue weighted by atomic mass is 32.2. The van der Waals surface area contributed by atoms with Crippen molar-refractivity contribution in [1.82, 2.24) is 4.90 Å². The van der Waals surface area contributed by atoms with Gasteiger partial charge in [-0.3, -0.25) is 4.55 Å². The molecule has 7 heteroatoms. The minimum atomic E-state index is -4.02. The van der Waals surface area contributed by atoms with Crippen LogP contribution in [-0.2, 0) is 19.6 Å². The molecule has 2 atom stereocenters. The zero-order valence-electron chi connectivity index (χ0n) is 19.5. The summed E-state index contributed by atoms with van der Waals surface area (Å²) >= 11 is 0. The fourth-order valence-corrected chi connectivity index (χ4v) is 5.49. The Morgan fingerprint density at radius 1 is 1.13 bits per heavy atom. The van der Waals surface area contributed by atoms with Crippen LogP contribution in [0.1, 0.15) is 64.9 Å². The Bertz CT molecular complexity index is 809. The number of fused-ring (bicyclic) bond motifs is 1. The third-order valence-corrected chi connectivity index (χ3v) is 7.58. The maximum absolute atomic E-state index is 10.5. The molecule has 0 radical (unpaired) electrons. The Balaban J connectivity index is 0.000000210. The van der Waals surface area contributed by atoms with Gasteiger partial charge in [-0.05, 0) is 63.7 Å². The molecule has 31 heavy (non-hydrogen) atoms. The van der Waals surface area contributed by atoms with Crippen LogP contribution in [0.5, 0.6) is 0 Å². The van der Waals surface area contributed by atoms with Crippen molar-refractivity contribution >= 4 is 10.1 Å². The van der Waals surface area contributed by atoms with E-state index in [-0.39, 0.29) is 16.1 Å². The molecule has 0 amide bonds. The first-order chi connectivity index (χ1) is 14.5. The molecule has 176 valence electrons. The van der Waals surface area contributed by atoms with Gasteiger partial charge in [-0.1, -0.05) is 38.5 Å². The monoisotopic (exact) mass is 453 g/mol. The van der Waals surface area contributed by atoms with Gasteiger partial charge in [0.25, 0.3) is 10.1 Å². The summed E-state index contributed by atoms with van der Waals surface area (Å²) in [5.74, 6) is 0.539. The number of rotatable bonds is 3. The summed E-state index contributed by atoms with van der Waals surface area (Å²) in [4.78, 5) is 2.66. The van der Waals surface area contributed by atoms with Gasteiger partial charge in [0, 0.05) is 24.3 Å². The molecular formula is C24H39NO5S. The highest BCUT2D eigenvalue weighted by Crippen LogP contribution is 2.45. The maximum atomic E-state index is 10.5.